The number of nitrogens with one attached hydrogen (secondary N) is 3. The van der Waals surface area contributed by atoms with Gasteiger partial charge in [-0.3, -0.25) is 14.6 Å². The average Bonchev–Trinajstić information content (AvgIpc) is 3.43. The lowest BCUT2D eigenvalue weighted by molar-refractivity contribution is -0.133. The molecule has 1 aliphatic rings. The zero-order valence-corrected chi connectivity index (χ0v) is 23.6. The molecular weight excluding hydrogens is 528 g/mol. The molecule has 42 heavy (non-hydrogen) atoms. The Morgan fingerprint density at radius 2 is 1.76 bits per heavy atom. The first-order valence-corrected chi connectivity index (χ1v) is 14.4. The lowest BCUT2D eigenvalue weighted by Gasteiger charge is -2.29. The van der Waals surface area contributed by atoms with Gasteiger partial charge in [0.05, 0.1) is 23.4 Å². The maximum Gasteiger partial charge on any atom is 0.251 e. The highest BCUT2D eigenvalue weighted by atomic mass is 16.2. The molecule has 5 rings (SSSR count). The van der Waals surface area contributed by atoms with Gasteiger partial charge in [-0.25, -0.2) is 4.98 Å². The number of guanidine groups is 1. The first kappa shape index (κ1) is 28.8. The molecule has 0 spiro atoms. The van der Waals surface area contributed by atoms with Gasteiger partial charge in [0, 0.05) is 43.7 Å². The molecule has 1 saturated heterocycles. The lowest BCUT2D eigenvalue weighted by Crippen LogP contribution is -2.49. The zero-order chi connectivity index (χ0) is 29.3. The maximum atomic E-state index is 14.0. The summed E-state index contributed by atoms with van der Waals surface area (Å²) in [6.07, 6.45) is 3.54. The summed E-state index contributed by atoms with van der Waals surface area (Å²) in [6.45, 7) is 1.98. The molecule has 3 aromatic carbocycles. The number of H-pyrrole nitrogens is 1. The van der Waals surface area contributed by atoms with Crippen LogP contribution in [0.15, 0.2) is 90.2 Å². The number of hydrogen-bond donors (Lipinski definition) is 5. The van der Waals surface area contributed by atoms with E-state index in [0.717, 1.165) is 22.2 Å². The van der Waals surface area contributed by atoms with E-state index >= 15 is 0 Å². The van der Waals surface area contributed by atoms with E-state index in [-0.39, 0.29) is 29.7 Å². The Kier molecular flexibility index (Phi) is 9.45. The van der Waals surface area contributed by atoms with E-state index in [0.29, 0.717) is 51.0 Å². The van der Waals surface area contributed by atoms with Crippen molar-refractivity contribution < 1.29 is 9.59 Å². The molecule has 0 aliphatic carbocycles. The van der Waals surface area contributed by atoms with Crippen LogP contribution in [-0.2, 0) is 4.79 Å². The van der Waals surface area contributed by atoms with Gasteiger partial charge in [0.2, 0.25) is 5.91 Å². The van der Waals surface area contributed by atoms with Crippen molar-refractivity contribution in [2.24, 2.45) is 16.5 Å². The van der Waals surface area contributed by atoms with Crippen LogP contribution in [0.3, 0.4) is 0 Å². The molecule has 7 N–H and O–H groups in total. The molecule has 4 aromatic rings. The van der Waals surface area contributed by atoms with E-state index in [9.17, 15) is 9.59 Å². The Morgan fingerprint density at radius 3 is 2.45 bits per heavy atom. The number of amides is 2. The number of rotatable bonds is 11. The summed E-state index contributed by atoms with van der Waals surface area (Å²) in [6, 6.07) is 25.5. The van der Waals surface area contributed by atoms with Gasteiger partial charge in [-0.1, -0.05) is 60.7 Å². The number of fused-ring (bicyclic) bond motifs is 1. The summed E-state index contributed by atoms with van der Waals surface area (Å²) >= 11 is 0. The Morgan fingerprint density at radius 1 is 1.05 bits per heavy atom. The topological polar surface area (TPSA) is 155 Å². The van der Waals surface area contributed by atoms with Crippen molar-refractivity contribution in [3.05, 3.63) is 102 Å². The number of aromatic amines is 1. The van der Waals surface area contributed by atoms with Crippen molar-refractivity contribution in [1.82, 2.24) is 25.5 Å². The average molecular weight is 567 g/mol. The van der Waals surface area contributed by atoms with Crippen LogP contribution in [0.4, 0.5) is 0 Å². The number of carbonyl (C=O) groups excluding carboxylic acids is 2. The third-order valence-electron chi connectivity index (χ3n) is 7.74. The predicted octanol–water partition coefficient (Wildman–Crippen LogP) is 2.74. The predicted molar refractivity (Wildman–Crippen MR) is 165 cm³/mol. The highest BCUT2D eigenvalue weighted by Crippen LogP contribution is 2.27. The summed E-state index contributed by atoms with van der Waals surface area (Å²) in [5.74, 6) is -0.0418. The molecule has 2 heterocycles. The van der Waals surface area contributed by atoms with Gasteiger partial charge < -0.3 is 32.0 Å². The van der Waals surface area contributed by atoms with Gasteiger partial charge in [-0.2, -0.15) is 0 Å². The van der Waals surface area contributed by atoms with Gasteiger partial charge in [0.25, 0.3) is 5.91 Å². The zero-order valence-electron chi connectivity index (χ0n) is 23.6. The number of aromatic nitrogens is 2. The standard InChI is InChI=1S/C32H38N8O2/c33-32(34)35-16-7-12-28-31(42)40(20-26(22-8-3-1-4-9-22)23-10-5-2-6-11-23)17-15-25(39-28)19-36-30(41)24-13-14-27-29(18-24)38-21-37-27/h1-6,8-11,13-14,18,21,25-26,28,39H,7,12,15-17,19-20H2,(H,36,41)(H,37,38)(H4,33,34,35). The van der Waals surface area contributed by atoms with Crippen LogP contribution in [-0.4, -0.2) is 70.9 Å². The van der Waals surface area contributed by atoms with Crippen molar-refractivity contribution in [3.63, 3.8) is 0 Å². The highest BCUT2D eigenvalue weighted by molar-refractivity contribution is 5.97. The Bertz CT molecular complexity index is 1460. The Balaban J connectivity index is 1.31. The molecule has 1 aromatic heterocycles. The van der Waals surface area contributed by atoms with E-state index in [1.807, 2.05) is 47.4 Å². The second-order valence-electron chi connectivity index (χ2n) is 10.7. The summed E-state index contributed by atoms with van der Waals surface area (Å²) in [5, 5.41) is 6.59. The highest BCUT2D eigenvalue weighted by Gasteiger charge is 2.32. The molecule has 2 unspecified atom stereocenters. The third-order valence-corrected chi connectivity index (χ3v) is 7.74. The van der Waals surface area contributed by atoms with Crippen LogP contribution in [0.5, 0.6) is 0 Å². The van der Waals surface area contributed by atoms with Crippen LogP contribution in [0.2, 0.25) is 0 Å². The maximum absolute atomic E-state index is 14.0. The summed E-state index contributed by atoms with van der Waals surface area (Å²) in [4.78, 5) is 40.3. The fraction of sp³-hybridized carbons (Fsp3) is 0.312. The fourth-order valence-corrected chi connectivity index (χ4v) is 5.52. The molecule has 0 saturated carbocycles. The number of carbonyl (C=O) groups is 2. The molecule has 10 heteroatoms. The second-order valence-corrected chi connectivity index (χ2v) is 10.7. The Labute approximate surface area is 245 Å². The normalized spacial score (nSPS) is 17.3. The van der Waals surface area contributed by atoms with E-state index < -0.39 is 6.04 Å². The largest absolute Gasteiger partial charge is 0.370 e. The lowest BCUT2D eigenvalue weighted by atomic mass is 9.90. The number of hydrogen-bond acceptors (Lipinski definition) is 5. The van der Waals surface area contributed by atoms with E-state index in [4.69, 9.17) is 11.5 Å². The molecule has 0 radical (unpaired) electrons. The van der Waals surface area contributed by atoms with Crippen LogP contribution < -0.4 is 22.1 Å². The minimum absolute atomic E-state index is 0.0345. The van der Waals surface area contributed by atoms with Crippen molar-refractivity contribution in [2.75, 3.05) is 26.2 Å². The smallest absolute Gasteiger partial charge is 0.251 e. The van der Waals surface area contributed by atoms with Crippen molar-refractivity contribution >= 4 is 28.8 Å². The monoisotopic (exact) mass is 566 g/mol. The van der Waals surface area contributed by atoms with E-state index in [1.54, 1.807) is 18.5 Å². The number of benzene rings is 3. The Hall–Kier alpha value is -4.70. The van der Waals surface area contributed by atoms with Gasteiger partial charge in [-0.05, 0) is 48.6 Å². The number of nitrogens with two attached hydrogens (primary N) is 2. The third kappa shape index (κ3) is 7.32. The SMILES string of the molecule is NC(N)=NCCCC1NC(CNC(=O)c2ccc3nc[nH]c3c2)CCN(CC(c2ccccc2)c2ccccc2)C1=O. The molecule has 218 valence electrons. The van der Waals surface area contributed by atoms with Crippen LogP contribution in [0.1, 0.15) is 46.7 Å². The van der Waals surface area contributed by atoms with Crippen molar-refractivity contribution in [2.45, 2.75) is 37.3 Å². The van der Waals surface area contributed by atoms with Gasteiger partial charge in [0.15, 0.2) is 5.96 Å². The summed E-state index contributed by atoms with van der Waals surface area (Å²) < 4.78 is 0. The second kappa shape index (κ2) is 13.8. The summed E-state index contributed by atoms with van der Waals surface area (Å²) in [7, 11) is 0. The van der Waals surface area contributed by atoms with Gasteiger partial charge in [-0.15, -0.1) is 0 Å². The van der Waals surface area contributed by atoms with Crippen molar-refractivity contribution in [1.29, 1.82) is 0 Å². The van der Waals surface area contributed by atoms with Gasteiger partial charge in [0.1, 0.15) is 0 Å². The quantitative estimate of drug-likeness (QED) is 0.107. The minimum atomic E-state index is -0.419. The number of imidazole rings is 1. The molecule has 10 nitrogen and oxygen atoms in total. The molecule has 0 bridgehead atoms. The first-order valence-electron chi connectivity index (χ1n) is 14.4. The van der Waals surface area contributed by atoms with E-state index in [2.05, 4.69) is 49.9 Å². The van der Waals surface area contributed by atoms with Gasteiger partial charge >= 0.3 is 0 Å². The number of aliphatic imine (C=N–C) groups is 1. The molecule has 1 fully saturated rings. The summed E-state index contributed by atoms with van der Waals surface area (Å²) in [5.41, 5.74) is 15.5. The molecule has 2 atom stereocenters. The van der Waals surface area contributed by atoms with Crippen LogP contribution in [0, 0.1) is 0 Å². The van der Waals surface area contributed by atoms with Crippen LogP contribution in [0.25, 0.3) is 11.0 Å². The minimum Gasteiger partial charge on any atom is -0.370 e. The molecule has 2 amide bonds. The van der Waals surface area contributed by atoms with E-state index in [1.165, 1.54) is 0 Å². The van der Waals surface area contributed by atoms with Crippen molar-refractivity contribution in [3.8, 4) is 0 Å². The fourth-order valence-electron chi connectivity index (χ4n) is 5.52. The number of nitrogens with zero attached hydrogens (tertiary/aromatic N) is 3. The molecule has 1 aliphatic heterocycles. The first-order chi connectivity index (χ1) is 20.5. The van der Waals surface area contributed by atoms with Crippen LogP contribution >= 0.6 is 0 Å². The molecular formula is C32H38N8O2.